The number of benzene rings is 1. The number of ketones is 2. The molecule has 2 fully saturated rings. The second-order valence-corrected chi connectivity index (χ2v) is 8.11. The molecule has 3 aliphatic rings. The molecule has 0 bridgehead atoms. The SMILES string of the molecule is COc1cc2c(cc1OC(C)=O)C(=O)C[C@@H]1[C@@H]2CC[C@]2(C)C(=O)CC[C@@H]12. The summed E-state index contributed by atoms with van der Waals surface area (Å²) in [6, 6.07) is 3.52. The number of hydrogen-bond acceptors (Lipinski definition) is 5. The number of carbonyl (C=O) groups excluding carboxylic acids is 3. The smallest absolute Gasteiger partial charge is 0.308 e. The highest BCUT2D eigenvalue weighted by Crippen LogP contribution is 2.60. The van der Waals surface area contributed by atoms with Crippen LogP contribution in [-0.4, -0.2) is 24.6 Å². The Hall–Kier alpha value is -2.17. The number of esters is 1. The largest absolute Gasteiger partial charge is 0.493 e. The zero-order chi connectivity index (χ0) is 18.6. The first kappa shape index (κ1) is 17.3. The van der Waals surface area contributed by atoms with E-state index < -0.39 is 5.97 Å². The minimum atomic E-state index is -0.442. The van der Waals surface area contributed by atoms with Gasteiger partial charge in [0, 0.05) is 30.7 Å². The maximum atomic E-state index is 12.9. The van der Waals surface area contributed by atoms with Gasteiger partial charge in [0.05, 0.1) is 7.11 Å². The van der Waals surface area contributed by atoms with Gasteiger partial charge in [-0.1, -0.05) is 6.92 Å². The van der Waals surface area contributed by atoms with Crippen molar-refractivity contribution in [3.8, 4) is 11.5 Å². The average molecular weight is 356 g/mol. The minimum absolute atomic E-state index is 0.0703. The molecule has 4 rings (SSSR count). The fourth-order valence-corrected chi connectivity index (χ4v) is 5.57. The molecule has 3 aliphatic carbocycles. The highest BCUT2D eigenvalue weighted by Gasteiger charge is 2.55. The number of ether oxygens (including phenoxy) is 2. The van der Waals surface area contributed by atoms with Gasteiger partial charge in [-0.3, -0.25) is 14.4 Å². The maximum absolute atomic E-state index is 12.9. The molecule has 0 saturated heterocycles. The summed E-state index contributed by atoms with van der Waals surface area (Å²) in [5.74, 6) is 1.51. The Morgan fingerprint density at radius 3 is 2.65 bits per heavy atom. The molecular formula is C21H24O5. The summed E-state index contributed by atoms with van der Waals surface area (Å²) in [6.07, 6.45) is 3.78. The van der Waals surface area contributed by atoms with E-state index in [1.807, 2.05) is 6.07 Å². The van der Waals surface area contributed by atoms with Crippen molar-refractivity contribution in [1.82, 2.24) is 0 Å². The Morgan fingerprint density at radius 1 is 1.19 bits per heavy atom. The molecule has 138 valence electrons. The van der Waals surface area contributed by atoms with Crippen molar-refractivity contribution in [2.24, 2.45) is 17.3 Å². The van der Waals surface area contributed by atoms with Crippen LogP contribution in [0, 0.1) is 17.3 Å². The van der Waals surface area contributed by atoms with Crippen LogP contribution in [0.5, 0.6) is 11.5 Å². The van der Waals surface area contributed by atoms with Crippen LogP contribution in [0.1, 0.15) is 67.8 Å². The number of fused-ring (bicyclic) bond motifs is 5. The van der Waals surface area contributed by atoms with Crippen LogP contribution in [0.4, 0.5) is 0 Å². The monoisotopic (exact) mass is 356 g/mol. The van der Waals surface area contributed by atoms with Crippen LogP contribution < -0.4 is 9.47 Å². The van der Waals surface area contributed by atoms with Gasteiger partial charge in [0.25, 0.3) is 0 Å². The molecule has 0 N–H and O–H groups in total. The first-order chi connectivity index (χ1) is 12.3. The Morgan fingerprint density at radius 2 is 1.96 bits per heavy atom. The van der Waals surface area contributed by atoms with E-state index in [1.54, 1.807) is 6.07 Å². The van der Waals surface area contributed by atoms with Crippen LogP contribution in [0.2, 0.25) is 0 Å². The molecule has 26 heavy (non-hydrogen) atoms. The second kappa shape index (κ2) is 5.93. The molecule has 5 heteroatoms. The molecule has 0 aliphatic heterocycles. The first-order valence-electron chi connectivity index (χ1n) is 9.32. The van der Waals surface area contributed by atoms with Crippen molar-refractivity contribution in [2.75, 3.05) is 7.11 Å². The molecule has 0 aromatic heterocycles. The van der Waals surface area contributed by atoms with Crippen molar-refractivity contribution in [3.05, 3.63) is 23.3 Å². The zero-order valence-corrected chi connectivity index (χ0v) is 15.5. The van der Waals surface area contributed by atoms with Gasteiger partial charge in [0.1, 0.15) is 5.78 Å². The summed E-state index contributed by atoms with van der Waals surface area (Å²) in [6.45, 7) is 3.42. The van der Waals surface area contributed by atoms with Crippen molar-refractivity contribution < 1.29 is 23.9 Å². The normalized spacial score (nSPS) is 32.5. The third-order valence-electron chi connectivity index (χ3n) is 6.86. The topological polar surface area (TPSA) is 69.7 Å². The van der Waals surface area contributed by atoms with E-state index in [1.165, 1.54) is 14.0 Å². The summed E-state index contributed by atoms with van der Waals surface area (Å²) < 4.78 is 10.6. The molecule has 1 aromatic carbocycles. The first-order valence-corrected chi connectivity index (χ1v) is 9.32. The molecule has 1 aromatic rings. The lowest BCUT2D eigenvalue weighted by Crippen LogP contribution is -2.43. The Balaban J connectivity index is 1.77. The van der Waals surface area contributed by atoms with E-state index in [0.29, 0.717) is 35.7 Å². The summed E-state index contributed by atoms with van der Waals surface area (Å²) in [5.41, 5.74) is 1.36. The summed E-state index contributed by atoms with van der Waals surface area (Å²) in [4.78, 5) is 36.7. The van der Waals surface area contributed by atoms with Gasteiger partial charge in [-0.25, -0.2) is 0 Å². The molecule has 0 radical (unpaired) electrons. The number of carbonyl (C=O) groups is 3. The van der Waals surface area contributed by atoms with Crippen molar-refractivity contribution in [1.29, 1.82) is 0 Å². The average Bonchev–Trinajstić information content (AvgIpc) is 2.90. The molecule has 0 amide bonds. The van der Waals surface area contributed by atoms with Crippen LogP contribution in [-0.2, 0) is 9.59 Å². The second-order valence-electron chi connectivity index (χ2n) is 8.11. The third kappa shape index (κ3) is 2.40. The van der Waals surface area contributed by atoms with Gasteiger partial charge >= 0.3 is 5.97 Å². The van der Waals surface area contributed by atoms with Gasteiger partial charge in [0.2, 0.25) is 0 Å². The fourth-order valence-electron chi connectivity index (χ4n) is 5.57. The lowest BCUT2D eigenvalue weighted by atomic mass is 9.55. The van der Waals surface area contributed by atoms with Gasteiger partial charge < -0.3 is 9.47 Å². The number of rotatable bonds is 2. The summed E-state index contributed by atoms with van der Waals surface area (Å²) >= 11 is 0. The predicted molar refractivity (Wildman–Crippen MR) is 94.6 cm³/mol. The lowest BCUT2D eigenvalue weighted by molar-refractivity contribution is -0.132. The molecule has 0 heterocycles. The Bertz CT molecular complexity index is 811. The molecule has 0 unspecified atom stereocenters. The highest BCUT2D eigenvalue weighted by atomic mass is 16.6. The third-order valence-corrected chi connectivity index (χ3v) is 6.86. The Labute approximate surface area is 153 Å². The molecule has 2 saturated carbocycles. The van der Waals surface area contributed by atoms with Crippen LogP contribution in [0.15, 0.2) is 12.1 Å². The number of methoxy groups -OCH3 is 1. The quantitative estimate of drug-likeness (QED) is 0.597. The number of Topliss-reactive ketones (excluding diaryl/α,β-unsaturated/α-hetero) is 2. The molecule has 0 spiro atoms. The standard InChI is InChI=1S/C21H24O5/c1-11(22)26-19-10-15-13(9-18(19)25-3)12-6-7-21(2)16(4-5-20(21)24)14(12)8-17(15)23/h9-10,12,14,16H,4-8H2,1-3H3/t12-,14-,16+,21+/m1/s1. The molecule has 4 atom stereocenters. The van der Waals surface area contributed by atoms with Gasteiger partial charge in [-0.2, -0.15) is 0 Å². The summed E-state index contributed by atoms with van der Waals surface area (Å²) in [7, 11) is 1.53. The predicted octanol–water partition coefficient (Wildman–Crippen LogP) is 3.69. The van der Waals surface area contributed by atoms with Gasteiger partial charge in [-0.05, 0) is 54.7 Å². The van der Waals surface area contributed by atoms with Crippen molar-refractivity contribution >= 4 is 17.5 Å². The van der Waals surface area contributed by atoms with E-state index >= 15 is 0 Å². The summed E-state index contributed by atoms with van der Waals surface area (Å²) in [5, 5.41) is 0. The van der Waals surface area contributed by atoms with Crippen LogP contribution >= 0.6 is 0 Å². The molecular weight excluding hydrogens is 332 g/mol. The fraction of sp³-hybridized carbons (Fsp3) is 0.571. The van der Waals surface area contributed by atoms with E-state index in [2.05, 4.69) is 6.92 Å². The van der Waals surface area contributed by atoms with E-state index in [9.17, 15) is 14.4 Å². The van der Waals surface area contributed by atoms with Gasteiger partial charge in [-0.15, -0.1) is 0 Å². The number of hydrogen-bond donors (Lipinski definition) is 0. The van der Waals surface area contributed by atoms with Crippen molar-refractivity contribution in [3.63, 3.8) is 0 Å². The van der Waals surface area contributed by atoms with E-state index in [4.69, 9.17) is 9.47 Å². The van der Waals surface area contributed by atoms with E-state index in [-0.39, 0.29) is 29.0 Å². The Kier molecular flexibility index (Phi) is 3.94. The highest BCUT2D eigenvalue weighted by molar-refractivity contribution is 6.00. The van der Waals surface area contributed by atoms with Crippen molar-refractivity contribution in [2.45, 2.75) is 51.9 Å². The van der Waals surface area contributed by atoms with E-state index in [0.717, 1.165) is 24.8 Å². The van der Waals surface area contributed by atoms with Crippen LogP contribution in [0.25, 0.3) is 0 Å². The van der Waals surface area contributed by atoms with Gasteiger partial charge in [0.15, 0.2) is 17.3 Å². The van der Waals surface area contributed by atoms with Crippen LogP contribution in [0.3, 0.4) is 0 Å². The molecule has 5 nitrogen and oxygen atoms in total. The maximum Gasteiger partial charge on any atom is 0.308 e. The minimum Gasteiger partial charge on any atom is -0.493 e. The zero-order valence-electron chi connectivity index (χ0n) is 15.5. The lowest BCUT2D eigenvalue weighted by Gasteiger charge is -2.47.